The molecule has 1 heterocycles. The Morgan fingerprint density at radius 1 is 1.21 bits per heavy atom. The summed E-state index contributed by atoms with van der Waals surface area (Å²) >= 11 is 1.57. The summed E-state index contributed by atoms with van der Waals surface area (Å²) in [5.74, 6) is -1.88. The second-order valence-corrected chi connectivity index (χ2v) is 6.89. The minimum Gasteiger partial charge on any atom is -0.450 e. The number of sulfonamides is 1. The molecule has 1 aromatic heterocycles. The van der Waals surface area contributed by atoms with Crippen molar-refractivity contribution in [3.63, 3.8) is 0 Å². The van der Waals surface area contributed by atoms with E-state index < -0.39 is 33.6 Å². The van der Waals surface area contributed by atoms with E-state index in [4.69, 9.17) is 14.3 Å². The van der Waals surface area contributed by atoms with E-state index in [9.17, 15) is 18.0 Å². The number of carbonyl (C=O) groups is 2. The van der Waals surface area contributed by atoms with Crippen LogP contribution in [0.4, 0.5) is 5.69 Å². The maximum absolute atomic E-state index is 11.7. The molecule has 0 unspecified atom stereocenters. The Labute approximate surface area is 142 Å². The van der Waals surface area contributed by atoms with Gasteiger partial charge in [-0.05, 0) is 42.7 Å². The van der Waals surface area contributed by atoms with Crippen molar-refractivity contribution in [1.82, 2.24) is 0 Å². The summed E-state index contributed by atoms with van der Waals surface area (Å²) in [4.78, 5) is 24.5. The highest BCUT2D eigenvalue weighted by molar-refractivity contribution is 7.98. The number of benzene rings is 1. The van der Waals surface area contributed by atoms with Crippen molar-refractivity contribution in [3.05, 3.63) is 42.2 Å². The Hall–Kier alpha value is -2.30. The predicted molar refractivity (Wildman–Crippen MR) is 87.2 cm³/mol. The average molecular weight is 370 g/mol. The van der Waals surface area contributed by atoms with E-state index in [1.165, 1.54) is 0 Å². The standard InChI is InChI=1S/C14H14N2O6S2/c1-23-10-4-2-9(3-5-10)16-12(17)8-21-14(18)11-6-7-13(22-11)24(15,19)20/h2-7H,8H2,1H3,(H,16,17)(H2,15,19,20). The van der Waals surface area contributed by atoms with Gasteiger partial charge in [0.05, 0.1) is 0 Å². The summed E-state index contributed by atoms with van der Waals surface area (Å²) in [6.07, 6.45) is 1.93. The third-order valence-corrected chi connectivity index (χ3v) is 4.29. The number of thioether (sulfide) groups is 1. The lowest BCUT2D eigenvalue weighted by Gasteiger charge is -2.06. The fourth-order valence-electron chi connectivity index (χ4n) is 1.66. The van der Waals surface area contributed by atoms with Crippen molar-refractivity contribution in [2.45, 2.75) is 9.99 Å². The SMILES string of the molecule is CSc1ccc(NC(=O)COC(=O)c2ccc(S(N)(=O)=O)o2)cc1. The van der Waals surface area contributed by atoms with Gasteiger partial charge in [-0.3, -0.25) is 4.79 Å². The van der Waals surface area contributed by atoms with E-state index in [0.717, 1.165) is 17.0 Å². The molecule has 128 valence electrons. The van der Waals surface area contributed by atoms with Crippen LogP contribution in [-0.2, 0) is 19.6 Å². The topological polar surface area (TPSA) is 129 Å². The first kappa shape index (κ1) is 18.0. The summed E-state index contributed by atoms with van der Waals surface area (Å²) in [6.45, 7) is -0.547. The summed E-state index contributed by atoms with van der Waals surface area (Å²) in [5.41, 5.74) is 0.559. The Bertz CT molecular complexity index is 842. The first-order valence-electron chi connectivity index (χ1n) is 6.53. The molecule has 1 amide bonds. The molecule has 1 aromatic carbocycles. The van der Waals surface area contributed by atoms with E-state index >= 15 is 0 Å². The van der Waals surface area contributed by atoms with E-state index in [1.807, 2.05) is 18.4 Å². The molecule has 8 nitrogen and oxygen atoms in total. The van der Waals surface area contributed by atoms with Crippen LogP contribution in [0.5, 0.6) is 0 Å². The van der Waals surface area contributed by atoms with Crippen LogP contribution in [0.2, 0.25) is 0 Å². The van der Waals surface area contributed by atoms with Gasteiger partial charge in [0, 0.05) is 10.6 Å². The molecule has 0 bridgehead atoms. The van der Waals surface area contributed by atoms with Crippen molar-refractivity contribution >= 4 is 39.3 Å². The van der Waals surface area contributed by atoms with Gasteiger partial charge in [0.15, 0.2) is 6.61 Å². The number of nitrogens with one attached hydrogen (secondary N) is 1. The first-order valence-corrected chi connectivity index (χ1v) is 9.30. The van der Waals surface area contributed by atoms with Crippen molar-refractivity contribution < 1.29 is 27.2 Å². The number of rotatable bonds is 6. The number of ether oxygens (including phenoxy) is 1. The molecule has 0 aliphatic rings. The largest absolute Gasteiger partial charge is 0.450 e. The van der Waals surface area contributed by atoms with E-state index in [-0.39, 0.29) is 5.76 Å². The van der Waals surface area contributed by atoms with Crippen molar-refractivity contribution in [2.75, 3.05) is 18.2 Å². The second kappa shape index (κ2) is 7.51. The van der Waals surface area contributed by atoms with Crippen LogP contribution in [0.3, 0.4) is 0 Å². The van der Waals surface area contributed by atoms with Gasteiger partial charge in [-0.25, -0.2) is 18.4 Å². The normalized spacial score (nSPS) is 11.1. The van der Waals surface area contributed by atoms with Crippen LogP contribution in [0.25, 0.3) is 0 Å². The molecular weight excluding hydrogens is 356 g/mol. The van der Waals surface area contributed by atoms with Crippen LogP contribution in [0.1, 0.15) is 10.6 Å². The van der Waals surface area contributed by atoms with E-state index in [1.54, 1.807) is 23.9 Å². The molecule has 3 N–H and O–H groups in total. The highest BCUT2D eigenvalue weighted by Gasteiger charge is 2.19. The van der Waals surface area contributed by atoms with Gasteiger partial charge < -0.3 is 14.5 Å². The zero-order chi connectivity index (χ0) is 17.7. The van der Waals surface area contributed by atoms with Crippen LogP contribution < -0.4 is 10.5 Å². The van der Waals surface area contributed by atoms with Gasteiger partial charge in [0.1, 0.15) is 0 Å². The lowest BCUT2D eigenvalue weighted by Crippen LogP contribution is -2.20. The summed E-state index contributed by atoms with van der Waals surface area (Å²) in [6, 6.07) is 9.24. The van der Waals surface area contributed by atoms with Crippen LogP contribution in [-0.4, -0.2) is 33.2 Å². The van der Waals surface area contributed by atoms with E-state index in [0.29, 0.717) is 5.69 Å². The van der Waals surface area contributed by atoms with Crippen molar-refractivity contribution in [2.24, 2.45) is 5.14 Å². The van der Waals surface area contributed by atoms with Crippen LogP contribution in [0, 0.1) is 0 Å². The number of furan rings is 1. The molecule has 2 rings (SSSR count). The highest BCUT2D eigenvalue weighted by Crippen LogP contribution is 2.17. The summed E-state index contributed by atoms with van der Waals surface area (Å²) in [5, 5.41) is 6.86. The molecular formula is C14H14N2O6S2. The van der Waals surface area contributed by atoms with Gasteiger partial charge >= 0.3 is 5.97 Å². The number of primary sulfonamides is 1. The van der Waals surface area contributed by atoms with Crippen molar-refractivity contribution in [3.8, 4) is 0 Å². The second-order valence-electron chi connectivity index (χ2n) is 4.52. The zero-order valence-corrected chi connectivity index (χ0v) is 14.1. The lowest BCUT2D eigenvalue weighted by molar-refractivity contribution is -0.119. The highest BCUT2D eigenvalue weighted by atomic mass is 32.2. The molecule has 0 aliphatic heterocycles. The smallest absolute Gasteiger partial charge is 0.374 e. The number of nitrogens with two attached hydrogens (primary N) is 1. The number of esters is 1. The molecule has 2 aromatic rings. The number of carbonyl (C=O) groups excluding carboxylic acids is 2. The van der Waals surface area contributed by atoms with Gasteiger partial charge in [0.25, 0.3) is 15.9 Å². The molecule has 0 atom stereocenters. The molecule has 0 fully saturated rings. The quantitative estimate of drug-likeness (QED) is 0.581. The monoisotopic (exact) mass is 370 g/mol. The van der Waals surface area contributed by atoms with Gasteiger partial charge in [-0.15, -0.1) is 11.8 Å². The molecule has 0 aliphatic carbocycles. The molecule has 0 saturated carbocycles. The zero-order valence-electron chi connectivity index (χ0n) is 12.5. The predicted octanol–water partition coefficient (Wildman–Crippen LogP) is 1.44. The van der Waals surface area contributed by atoms with Gasteiger partial charge in [-0.2, -0.15) is 0 Å². The number of amides is 1. The molecule has 0 saturated heterocycles. The third kappa shape index (κ3) is 4.85. The summed E-state index contributed by atoms with van der Waals surface area (Å²) < 4.78 is 31.6. The molecule has 0 spiro atoms. The average Bonchev–Trinajstić information content (AvgIpc) is 3.03. The number of hydrogen-bond acceptors (Lipinski definition) is 7. The minimum absolute atomic E-state index is 0.365. The Morgan fingerprint density at radius 3 is 2.42 bits per heavy atom. The lowest BCUT2D eigenvalue weighted by atomic mass is 10.3. The van der Waals surface area contributed by atoms with E-state index in [2.05, 4.69) is 5.32 Å². The molecule has 10 heteroatoms. The molecule has 24 heavy (non-hydrogen) atoms. The van der Waals surface area contributed by atoms with Gasteiger partial charge in [0.2, 0.25) is 10.9 Å². The Balaban J connectivity index is 1.88. The minimum atomic E-state index is -4.05. The van der Waals surface area contributed by atoms with Crippen LogP contribution >= 0.6 is 11.8 Å². The summed E-state index contributed by atoms with van der Waals surface area (Å²) in [7, 11) is -4.05. The fourth-order valence-corrected chi connectivity index (χ4v) is 2.53. The Kier molecular flexibility index (Phi) is 5.65. The fraction of sp³-hybridized carbons (Fsp3) is 0.143. The van der Waals surface area contributed by atoms with Crippen molar-refractivity contribution in [1.29, 1.82) is 0 Å². The maximum Gasteiger partial charge on any atom is 0.374 e. The maximum atomic E-state index is 11.7. The van der Waals surface area contributed by atoms with Gasteiger partial charge in [-0.1, -0.05) is 0 Å². The number of anilines is 1. The molecule has 0 radical (unpaired) electrons. The number of hydrogen-bond donors (Lipinski definition) is 2. The first-order chi connectivity index (χ1) is 11.3. The Morgan fingerprint density at radius 2 is 1.88 bits per heavy atom. The third-order valence-electron chi connectivity index (χ3n) is 2.77. The van der Waals surface area contributed by atoms with Crippen LogP contribution in [0.15, 0.2) is 50.8 Å².